The third-order valence-electron chi connectivity index (χ3n) is 5.30. The topological polar surface area (TPSA) is 18.5 Å². The largest absolute Gasteiger partial charge is 0.315 e. The first-order valence-corrected chi connectivity index (χ1v) is 8.30. The lowest BCUT2D eigenvalue weighted by molar-refractivity contribution is 0.0715. The summed E-state index contributed by atoms with van der Waals surface area (Å²) in [5.74, 6) is 0. The van der Waals surface area contributed by atoms with Gasteiger partial charge in [-0.2, -0.15) is 0 Å². The van der Waals surface area contributed by atoms with Gasteiger partial charge in [0.2, 0.25) is 0 Å². The molecule has 0 aromatic carbocycles. The first-order chi connectivity index (χ1) is 9.22. The predicted molar refractivity (Wildman–Crippen MR) is 82.6 cm³/mol. The number of likely N-dealkylation sites (N-methyl/N-ethyl adjacent to an activating group) is 3. The Bertz CT molecular complexity index is 256. The number of hydrogen-bond donors (Lipinski definition) is 1. The molecule has 0 spiro atoms. The summed E-state index contributed by atoms with van der Waals surface area (Å²) in [5, 5.41) is 3.60. The van der Waals surface area contributed by atoms with E-state index in [-0.39, 0.29) is 0 Å². The Morgan fingerprint density at radius 1 is 1.00 bits per heavy atom. The standard InChI is InChI=1S/C16H33N3/c1-17-15-10-6-4-5-7-11-16(15)19(3)14-9-8-12-18(2)13-14/h14-17H,4-13H2,1-3H3. The lowest BCUT2D eigenvalue weighted by Crippen LogP contribution is -2.55. The Morgan fingerprint density at radius 2 is 1.74 bits per heavy atom. The highest BCUT2D eigenvalue weighted by atomic mass is 15.2. The van der Waals surface area contributed by atoms with Gasteiger partial charge >= 0.3 is 0 Å². The molecule has 0 radical (unpaired) electrons. The molecule has 1 saturated heterocycles. The zero-order chi connectivity index (χ0) is 13.7. The van der Waals surface area contributed by atoms with Crippen molar-refractivity contribution in [3.05, 3.63) is 0 Å². The van der Waals surface area contributed by atoms with Crippen molar-refractivity contribution in [3.63, 3.8) is 0 Å². The van der Waals surface area contributed by atoms with Crippen molar-refractivity contribution in [2.45, 2.75) is 69.5 Å². The molecule has 0 bridgehead atoms. The van der Waals surface area contributed by atoms with E-state index >= 15 is 0 Å². The fourth-order valence-corrected chi connectivity index (χ4v) is 4.03. The van der Waals surface area contributed by atoms with Gasteiger partial charge in [0.15, 0.2) is 0 Å². The van der Waals surface area contributed by atoms with E-state index in [1.807, 2.05) is 0 Å². The van der Waals surface area contributed by atoms with Gasteiger partial charge in [0.25, 0.3) is 0 Å². The van der Waals surface area contributed by atoms with E-state index in [0.29, 0.717) is 6.04 Å². The van der Waals surface area contributed by atoms with Crippen molar-refractivity contribution in [3.8, 4) is 0 Å². The van der Waals surface area contributed by atoms with E-state index in [9.17, 15) is 0 Å². The summed E-state index contributed by atoms with van der Waals surface area (Å²) in [6.45, 7) is 2.54. The maximum Gasteiger partial charge on any atom is 0.0249 e. The van der Waals surface area contributed by atoms with E-state index < -0.39 is 0 Å². The molecule has 0 aromatic heterocycles. The van der Waals surface area contributed by atoms with E-state index in [1.165, 1.54) is 64.5 Å². The molecule has 1 saturated carbocycles. The fourth-order valence-electron chi connectivity index (χ4n) is 4.03. The number of piperidine rings is 1. The van der Waals surface area contributed by atoms with Gasteiger partial charge < -0.3 is 10.2 Å². The molecular weight excluding hydrogens is 234 g/mol. The summed E-state index contributed by atoms with van der Waals surface area (Å²) < 4.78 is 0. The highest BCUT2D eigenvalue weighted by Gasteiger charge is 2.30. The Labute approximate surface area is 119 Å². The van der Waals surface area contributed by atoms with Gasteiger partial charge in [-0.15, -0.1) is 0 Å². The molecule has 3 heteroatoms. The molecule has 0 amide bonds. The zero-order valence-electron chi connectivity index (χ0n) is 13.2. The maximum absolute atomic E-state index is 3.60. The normalized spacial score (nSPS) is 35.1. The Kier molecular flexibility index (Phi) is 6.11. The van der Waals surface area contributed by atoms with Crippen molar-refractivity contribution in [1.82, 2.24) is 15.1 Å². The van der Waals surface area contributed by atoms with Crippen LogP contribution in [0.3, 0.4) is 0 Å². The van der Waals surface area contributed by atoms with Crippen molar-refractivity contribution in [2.24, 2.45) is 0 Å². The van der Waals surface area contributed by atoms with Crippen LogP contribution in [0.4, 0.5) is 0 Å². The molecule has 1 aliphatic heterocycles. The highest BCUT2D eigenvalue weighted by Crippen LogP contribution is 2.25. The minimum absolute atomic E-state index is 0.692. The molecule has 2 rings (SSSR count). The van der Waals surface area contributed by atoms with E-state index in [4.69, 9.17) is 0 Å². The molecule has 1 heterocycles. The van der Waals surface area contributed by atoms with Crippen LogP contribution in [0.15, 0.2) is 0 Å². The van der Waals surface area contributed by atoms with Gasteiger partial charge in [-0.1, -0.05) is 25.7 Å². The molecule has 2 fully saturated rings. The van der Waals surface area contributed by atoms with Crippen LogP contribution in [-0.2, 0) is 0 Å². The minimum Gasteiger partial charge on any atom is -0.315 e. The number of likely N-dealkylation sites (tertiary alicyclic amines) is 1. The second-order valence-corrected chi connectivity index (χ2v) is 6.68. The second-order valence-electron chi connectivity index (χ2n) is 6.68. The van der Waals surface area contributed by atoms with Gasteiger partial charge in [0.1, 0.15) is 0 Å². The molecule has 3 atom stereocenters. The monoisotopic (exact) mass is 267 g/mol. The summed E-state index contributed by atoms with van der Waals surface area (Å²) >= 11 is 0. The Hall–Kier alpha value is -0.120. The van der Waals surface area contributed by atoms with Crippen LogP contribution in [0, 0.1) is 0 Å². The van der Waals surface area contributed by atoms with Crippen LogP contribution in [-0.4, -0.2) is 62.2 Å². The first-order valence-electron chi connectivity index (χ1n) is 8.30. The average Bonchev–Trinajstić information content (AvgIpc) is 2.38. The van der Waals surface area contributed by atoms with Crippen molar-refractivity contribution in [1.29, 1.82) is 0 Å². The third kappa shape index (κ3) is 4.17. The first kappa shape index (κ1) is 15.3. The summed E-state index contributed by atoms with van der Waals surface area (Å²) in [5.41, 5.74) is 0. The van der Waals surface area contributed by atoms with Gasteiger partial charge in [0.05, 0.1) is 0 Å². The predicted octanol–water partition coefficient (Wildman–Crippen LogP) is 2.32. The molecule has 19 heavy (non-hydrogen) atoms. The van der Waals surface area contributed by atoms with Crippen molar-refractivity contribution < 1.29 is 0 Å². The highest BCUT2D eigenvalue weighted by molar-refractivity contribution is 4.89. The molecule has 3 unspecified atom stereocenters. The number of nitrogens with zero attached hydrogens (tertiary/aromatic N) is 2. The fraction of sp³-hybridized carbons (Fsp3) is 1.00. The number of rotatable bonds is 3. The molecule has 3 nitrogen and oxygen atoms in total. The summed E-state index contributed by atoms with van der Waals surface area (Å²) in [6.07, 6.45) is 11.2. The van der Waals surface area contributed by atoms with E-state index in [1.54, 1.807) is 0 Å². The smallest absolute Gasteiger partial charge is 0.0249 e. The zero-order valence-corrected chi connectivity index (χ0v) is 13.2. The summed E-state index contributed by atoms with van der Waals surface area (Å²) in [6, 6.07) is 2.19. The van der Waals surface area contributed by atoms with Crippen LogP contribution in [0.1, 0.15) is 51.4 Å². The van der Waals surface area contributed by atoms with Crippen LogP contribution >= 0.6 is 0 Å². The van der Waals surface area contributed by atoms with E-state index in [2.05, 4.69) is 36.3 Å². The Balaban J connectivity index is 1.98. The second kappa shape index (κ2) is 7.61. The molecule has 1 N–H and O–H groups in total. The van der Waals surface area contributed by atoms with Gasteiger partial charge in [0, 0.05) is 24.7 Å². The molecule has 1 aliphatic carbocycles. The van der Waals surface area contributed by atoms with E-state index in [0.717, 1.165) is 12.1 Å². The third-order valence-corrected chi connectivity index (χ3v) is 5.30. The lowest BCUT2D eigenvalue weighted by atomic mass is 9.89. The quantitative estimate of drug-likeness (QED) is 0.846. The summed E-state index contributed by atoms with van der Waals surface area (Å²) in [4.78, 5) is 5.21. The molecular formula is C16H33N3. The lowest BCUT2D eigenvalue weighted by Gasteiger charge is -2.43. The van der Waals surface area contributed by atoms with Gasteiger partial charge in [-0.25, -0.2) is 0 Å². The van der Waals surface area contributed by atoms with Gasteiger partial charge in [-0.05, 0) is 53.4 Å². The Morgan fingerprint density at radius 3 is 2.42 bits per heavy atom. The SMILES string of the molecule is CNC1CCCCCCC1N(C)C1CCCN(C)C1. The van der Waals surface area contributed by atoms with Crippen LogP contribution in [0.25, 0.3) is 0 Å². The summed E-state index contributed by atoms with van der Waals surface area (Å²) in [7, 11) is 6.80. The minimum atomic E-state index is 0.692. The van der Waals surface area contributed by atoms with Crippen LogP contribution in [0.5, 0.6) is 0 Å². The molecule has 0 aromatic rings. The van der Waals surface area contributed by atoms with Crippen LogP contribution in [0.2, 0.25) is 0 Å². The van der Waals surface area contributed by atoms with Crippen LogP contribution < -0.4 is 5.32 Å². The number of hydrogen-bond acceptors (Lipinski definition) is 3. The average molecular weight is 267 g/mol. The van der Waals surface area contributed by atoms with Gasteiger partial charge in [-0.3, -0.25) is 4.90 Å². The van der Waals surface area contributed by atoms with Crippen molar-refractivity contribution >= 4 is 0 Å². The van der Waals surface area contributed by atoms with Crippen molar-refractivity contribution in [2.75, 3.05) is 34.2 Å². The number of nitrogens with one attached hydrogen (secondary N) is 1. The molecule has 112 valence electrons. The maximum atomic E-state index is 3.60. The molecule has 2 aliphatic rings.